The largest absolute Gasteiger partial charge is 0.370 e. The van der Waals surface area contributed by atoms with Gasteiger partial charge in [-0.15, -0.1) is 0 Å². The van der Waals surface area contributed by atoms with E-state index in [-0.39, 0.29) is 0 Å². The molecule has 0 spiro atoms. The fourth-order valence-electron chi connectivity index (χ4n) is 2.12. The molecular formula is C15H18ClN3. The van der Waals surface area contributed by atoms with Crippen molar-refractivity contribution in [1.29, 1.82) is 0 Å². The van der Waals surface area contributed by atoms with Crippen molar-refractivity contribution in [3.05, 3.63) is 41.2 Å². The molecule has 2 rings (SSSR count). The van der Waals surface area contributed by atoms with E-state index in [1.807, 2.05) is 24.3 Å². The minimum atomic E-state index is 0.337. The summed E-state index contributed by atoms with van der Waals surface area (Å²) in [6.07, 6.45) is 1.60. The first-order valence-corrected chi connectivity index (χ1v) is 6.86. The third-order valence-corrected chi connectivity index (χ3v) is 3.14. The van der Waals surface area contributed by atoms with Gasteiger partial charge in [-0.25, -0.2) is 9.97 Å². The standard InChI is InChI=1S/C15H18ClN3/c1-4-17-15-13(10(2)3)14(18-9-19-15)11-6-5-7-12(16)8-11/h5-10H,4H2,1-3H3,(H,17,18,19). The van der Waals surface area contributed by atoms with Crippen molar-refractivity contribution in [1.82, 2.24) is 9.97 Å². The summed E-state index contributed by atoms with van der Waals surface area (Å²) in [7, 11) is 0. The van der Waals surface area contributed by atoms with Gasteiger partial charge in [-0.1, -0.05) is 37.6 Å². The molecule has 19 heavy (non-hydrogen) atoms. The Balaban J connectivity index is 2.59. The van der Waals surface area contributed by atoms with E-state index in [0.29, 0.717) is 5.92 Å². The van der Waals surface area contributed by atoms with E-state index in [4.69, 9.17) is 11.6 Å². The van der Waals surface area contributed by atoms with Crippen LogP contribution >= 0.6 is 11.6 Å². The van der Waals surface area contributed by atoms with Crippen LogP contribution in [0.1, 0.15) is 32.3 Å². The van der Waals surface area contributed by atoms with E-state index in [2.05, 4.69) is 36.1 Å². The van der Waals surface area contributed by atoms with Crippen LogP contribution in [0.4, 0.5) is 5.82 Å². The van der Waals surface area contributed by atoms with Crippen molar-refractivity contribution in [2.45, 2.75) is 26.7 Å². The molecule has 0 aliphatic heterocycles. The summed E-state index contributed by atoms with van der Waals surface area (Å²) in [6.45, 7) is 7.19. The molecule has 1 aromatic carbocycles. The number of hydrogen-bond donors (Lipinski definition) is 1. The van der Waals surface area contributed by atoms with Crippen molar-refractivity contribution >= 4 is 17.4 Å². The van der Waals surface area contributed by atoms with E-state index >= 15 is 0 Å². The summed E-state index contributed by atoms with van der Waals surface area (Å²) < 4.78 is 0. The predicted octanol–water partition coefficient (Wildman–Crippen LogP) is 4.35. The van der Waals surface area contributed by atoms with Gasteiger partial charge >= 0.3 is 0 Å². The number of aromatic nitrogens is 2. The summed E-state index contributed by atoms with van der Waals surface area (Å²) >= 11 is 6.07. The smallest absolute Gasteiger partial charge is 0.133 e. The molecule has 0 fully saturated rings. The summed E-state index contributed by atoms with van der Waals surface area (Å²) in [5.41, 5.74) is 3.10. The molecule has 0 aliphatic carbocycles. The molecule has 0 saturated heterocycles. The highest BCUT2D eigenvalue weighted by molar-refractivity contribution is 6.30. The van der Waals surface area contributed by atoms with Gasteiger partial charge in [-0.3, -0.25) is 0 Å². The third kappa shape index (κ3) is 3.04. The Kier molecular flexibility index (Phi) is 4.38. The maximum absolute atomic E-state index is 6.07. The predicted molar refractivity (Wildman–Crippen MR) is 80.7 cm³/mol. The zero-order valence-electron chi connectivity index (χ0n) is 11.4. The summed E-state index contributed by atoms with van der Waals surface area (Å²) in [6, 6.07) is 7.77. The molecule has 100 valence electrons. The van der Waals surface area contributed by atoms with Crippen LogP contribution < -0.4 is 5.32 Å². The second-order valence-electron chi connectivity index (χ2n) is 4.68. The first-order valence-electron chi connectivity index (χ1n) is 6.48. The summed E-state index contributed by atoms with van der Waals surface area (Å²) in [5, 5.41) is 4.02. The highest BCUT2D eigenvalue weighted by Gasteiger charge is 2.15. The van der Waals surface area contributed by atoms with Gasteiger partial charge < -0.3 is 5.32 Å². The molecule has 0 saturated carbocycles. The lowest BCUT2D eigenvalue weighted by molar-refractivity contribution is 0.849. The molecule has 0 atom stereocenters. The van der Waals surface area contributed by atoms with E-state index in [1.54, 1.807) is 6.33 Å². The Morgan fingerprint density at radius 2 is 2.05 bits per heavy atom. The number of rotatable bonds is 4. The van der Waals surface area contributed by atoms with Crippen LogP contribution in [-0.2, 0) is 0 Å². The number of nitrogens with zero attached hydrogens (tertiary/aromatic N) is 2. The normalized spacial score (nSPS) is 10.8. The number of halogens is 1. The summed E-state index contributed by atoms with van der Waals surface area (Å²) in [4.78, 5) is 8.79. The van der Waals surface area contributed by atoms with Gasteiger partial charge in [0.1, 0.15) is 12.1 Å². The van der Waals surface area contributed by atoms with Crippen LogP contribution in [0, 0.1) is 0 Å². The lowest BCUT2D eigenvalue weighted by Crippen LogP contribution is -2.07. The second kappa shape index (κ2) is 6.02. The number of nitrogens with one attached hydrogen (secondary N) is 1. The quantitative estimate of drug-likeness (QED) is 0.901. The molecule has 1 N–H and O–H groups in total. The van der Waals surface area contributed by atoms with Gasteiger partial charge in [-0.2, -0.15) is 0 Å². The van der Waals surface area contributed by atoms with Crippen LogP contribution in [0.25, 0.3) is 11.3 Å². The minimum Gasteiger partial charge on any atom is -0.370 e. The Hall–Kier alpha value is -1.61. The molecule has 1 heterocycles. The lowest BCUT2D eigenvalue weighted by Gasteiger charge is -2.16. The van der Waals surface area contributed by atoms with Gasteiger partial charge in [0.15, 0.2) is 0 Å². The average Bonchev–Trinajstić information content (AvgIpc) is 2.38. The molecular weight excluding hydrogens is 258 g/mol. The van der Waals surface area contributed by atoms with Gasteiger partial charge in [0.25, 0.3) is 0 Å². The monoisotopic (exact) mass is 275 g/mol. The van der Waals surface area contributed by atoms with E-state index in [1.165, 1.54) is 0 Å². The molecule has 2 aromatic rings. The Bertz CT molecular complexity index is 567. The van der Waals surface area contributed by atoms with E-state index in [0.717, 1.165) is 34.2 Å². The third-order valence-electron chi connectivity index (χ3n) is 2.90. The van der Waals surface area contributed by atoms with Crippen LogP contribution in [-0.4, -0.2) is 16.5 Å². The zero-order valence-corrected chi connectivity index (χ0v) is 12.2. The SMILES string of the molecule is CCNc1ncnc(-c2cccc(Cl)c2)c1C(C)C. The summed E-state index contributed by atoms with van der Waals surface area (Å²) in [5.74, 6) is 1.24. The fourth-order valence-corrected chi connectivity index (χ4v) is 2.31. The molecule has 4 heteroatoms. The average molecular weight is 276 g/mol. The number of benzene rings is 1. The van der Waals surface area contributed by atoms with Crippen molar-refractivity contribution in [3.63, 3.8) is 0 Å². The lowest BCUT2D eigenvalue weighted by atomic mass is 9.97. The topological polar surface area (TPSA) is 37.8 Å². The van der Waals surface area contributed by atoms with E-state index in [9.17, 15) is 0 Å². The van der Waals surface area contributed by atoms with Gasteiger partial charge in [0.05, 0.1) is 5.69 Å². The number of anilines is 1. The van der Waals surface area contributed by atoms with Crippen molar-refractivity contribution in [2.75, 3.05) is 11.9 Å². The highest BCUT2D eigenvalue weighted by atomic mass is 35.5. The maximum atomic E-state index is 6.07. The molecule has 0 aliphatic rings. The fraction of sp³-hybridized carbons (Fsp3) is 0.333. The van der Waals surface area contributed by atoms with Crippen molar-refractivity contribution < 1.29 is 0 Å². The second-order valence-corrected chi connectivity index (χ2v) is 5.12. The first-order chi connectivity index (χ1) is 9.13. The molecule has 3 nitrogen and oxygen atoms in total. The highest BCUT2D eigenvalue weighted by Crippen LogP contribution is 2.32. The molecule has 0 unspecified atom stereocenters. The van der Waals surface area contributed by atoms with Gasteiger partial charge in [-0.05, 0) is 25.0 Å². The zero-order chi connectivity index (χ0) is 13.8. The minimum absolute atomic E-state index is 0.337. The first kappa shape index (κ1) is 13.8. The van der Waals surface area contributed by atoms with Crippen LogP contribution in [0.2, 0.25) is 5.02 Å². The Morgan fingerprint density at radius 1 is 1.26 bits per heavy atom. The Labute approximate surface area is 119 Å². The Morgan fingerprint density at radius 3 is 2.68 bits per heavy atom. The molecule has 0 amide bonds. The maximum Gasteiger partial charge on any atom is 0.133 e. The van der Waals surface area contributed by atoms with Crippen LogP contribution in [0.15, 0.2) is 30.6 Å². The van der Waals surface area contributed by atoms with Gasteiger partial charge in [0, 0.05) is 22.7 Å². The van der Waals surface area contributed by atoms with Crippen molar-refractivity contribution in [3.8, 4) is 11.3 Å². The molecule has 0 radical (unpaired) electrons. The molecule has 0 bridgehead atoms. The van der Waals surface area contributed by atoms with Crippen LogP contribution in [0.5, 0.6) is 0 Å². The van der Waals surface area contributed by atoms with Crippen molar-refractivity contribution in [2.24, 2.45) is 0 Å². The number of hydrogen-bond acceptors (Lipinski definition) is 3. The van der Waals surface area contributed by atoms with E-state index < -0.39 is 0 Å². The van der Waals surface area contributed by atoms with Gasteiger partial charge in [0.2, 0.25) is 0 Å². The molecule has 1 aromatic heterocycles. The van der Waals surface area contributed by atoms with Crippen LogP contribution in [0.3, 0.4) is 0 Å².